The second kappa shape index (κ2) is 13.0. The molecule has 0 heterocycles. The average molecular weight is 193 g/mol. The van der Waals surface area contributed by atoms with Crippen molar-refractivity contribution in [1.29, 1.82) is 0 Å². The van der Waals surface area contributed by atoms with E-state index < -0.39 is 0 Å². The predicted octanol–water partition coefficient (Wildman–Crippen LogP) is 3.95. The van der Waals surface area contributed by atoms with Gasteiger partial charge in [0.25, 0.3) is 0 Å². The summed E-state index contributed by atoms with van der Waals surface area (Å²) >= 11 is 0. The zero-order chi connectivity index (χ0) is 9.23. The Labute approximate surface area is 107 Å². The molecular weight excluding hydrogens is 167 g/mol. The van der Waals surface area contributed by atoms with Gasteiger partial charge in [0, 0.05) is 0 Å². The van der Waals surface area contributed by atoms with Crippen LogP contribution in [-0.2, 0) is 0 Å². The van der Waals surface area contributed by atoms with Crippen molar-refractivity contribution in [2.75, 3.05) is 0 Å². The van der Waals surface area contributed by atoms with Gasteiger partial charge in [0.15, 0.2) is 0 Å². The van der Waals surface area contributed by atoms with Gasteiger partial charge in [-0.2, -0.15) is 0 Å². The van der Waals surface area contributed by atoms with E-state index >= 15 is 0 Å². The average Bonchev–Trinajstić information content (AvgIpc) is 2.09. The van der Waals surface area contributed by atoms with Crippen LogP contribution in [0.1, 0.15) is 65.2 Å². The Morgan fingerprint density at radius 3 is 1.92 bits per heavy atom. The molecule has 13 heavy (non-hydrogen) atoms. The summed E-state index contributed by atoms with van der Waals surface area (Å²) < 4.78 is 0. The fourth-order valence-electron chi connectivity index (χ4n) is 1.50. The van der Waals surface area contributed by atoms with Gasteiger partial charge in [-0.05, 0) is 5.92 Å². The van der Waals surface area contributed by atoms with Crippen LogP contribution in [0.5, 0.6) is 0 Å². The minimum absolute atomic E-state index is 0. The summed E-state index contributed by atoms with van der Waals surface area (Å²) in [6.45, 7) is 8.69. The third-order valence-corrected chi connectivity index (χ3v) is 2.43. The van der Waals surface area contributed by atoms with Crippen molar-refractivity contribution in [3.05, 3.63) is 6.92 Å². The molecule has 0 saturated heterocycles. The minimum atomic E-state index is 0. The molecule has 0 spiro atoms. The summed E-state index contributed by atoms with van der Waals surface area (Å²) in [5, 5.41) is 0. The van der Waals surface area contributed by atoms with Crippen LogP contribution in [-0.4, -0.2) is 29.6 Å². The molecule has 1 heteroatoms. The second-order valence-corrected chi connectivity index (χ2v) is 3.86. The Bertz CT molecular complexity index is 81.2. The Kier molecular flexibility index (Phi) is 16.4. The first-order valence-electron chi connectivity index (χ1n) is 5.64. The van der Waals surface area contributed by atoms with Gasteiger partial charge < -0.3 is 0 Å². The van der Waals surface area contributed by atoms with E-state index in [0.717, 1.165) is 5.92 Å². The monoisotopic (exact) mass is 193 g/mol. The van der Waals surface area contributed by atoms with E-state index in [1.165, 1.54) is 51.4 Å². The molecule has 0 nitrogen and oxygen atoms in total. The topological polar surface area (TPSA) is 0 Å². The van der Waals surface area contributed by atoms with Crippen LogP contribution >= 0.6 is 0 Å². The van der Waals surface area contributed by atoms with Gasteiger partial charge in [-0.3, -0.25) is 0 Å². The SMILES string of the molecule is [CH2]C(CCCC)CCCCCC.[NaH]. The van der Waals surface area contributed by atoms with E-state index in [0.29, 0.717) is 0 Å². The van der Waals surface area contributed by atoms with Gasteiger partial charge in [0.1, 0.15) is 0 Å². The Morgan fingerprint density at radius 2 is 1.38 bits per heavy atom. The first kappa shape index (κ1) is 16.4. The molecule has 1 unspecified atom stereocenters. The van der Waals surface area contributed by atoms with Crippen molar-refractivity contribution in [1.82, 2.24) is 0 Å². The van der Waals surface area contributed by atoms with Crippen LogP contribution in [0.3, 0.4) is 0 Å². The van der Waals surface area contributed by atoms with Crippen LogP contribution in [0.25, 0.3) is 0 Å². The summed E-state index contributed by atoms with van der Waals surface area (Å²) in [5.41, 5.74) is 0. The predicted molar refractivity (Wildman–Crippen MR) is 64.3 cm³/mol. The number of hydrogen-bond acceptors (Lipinski definition) is 0. The second-order valence-electron chi connectivity index (χ2n) is 3.86. The maximum atomic E-state index is 4.17. The fraction of sp³-hybridized carbons (Fsp3) is 0.917. The third kappa shape index (κ3) is 13.0. The Hall–Kier alpha value is 1.00. The number of hydrogen-bond donors (Lipinski definition) is 0. The molecule has 75 valence electrons. The summed E-state index contributed by atoms with van der Waals surface area (Å²) in [5.74, 6) is 0.724. The van der Waals surface area contributed by atoms with Crippen LogP contribution in [0, 0.1) is 12.8 Å². The van der Waals surface area contributed by atoms with Gasteiger partial charge in [-0.25, -0.2) is 0 Å². The molecule has 0 saturated carbocycles. The normalized spacial score (nSPS) is 12.2. The van der Waals surface area contributed by atoms with E-state index in [9.17, 15) is 0 Å². The van der Waals surface area contributed by atoms with Crippen molar-refractivity contribution in [3.8, 4) is 0 Å². The summed E-state index contributed by atoms with van der Waals surface area (Å²) in [6.07, 6.45) is 10.9. The first-order valence-corrected chi connectivity index (χ1v) is 5.64. The Balaban J connectivity index is 0. The zero-order valence-electron chi connectivity index (χ0n) is 8.94. The van der Waals surface area contributed by atoms with Crippen molar-refractivity contribution < 1.29 is 0 Å². The molecule has 0 aromatic rings. The van der Waals surface area contributed by atoms with Gasteiger partial charge in [-0.15, -0.1) is 0 Å². The molecule has 0 amide bonds. The van der Waals surface area contributed by atoms with Crippen LogP contribution in [0.2, 0.25) is 0 Å². The van der Waals surface area contributed by atoms with E-state index in [2.05, 4.69) is 20.8 Å². The first-order chi connectivity index (χ1) is 5.81. The van der Waals surface area contributed by atoms with Gasteiger partial charge in [0.2, 0.25) is 0 Å². The van der Waals surface area contributed by atoms with E-state index in [4.69, 9.17) is 0 Å². The van der Waals surface area contributed by atoms with Crippen LogP contribution in [0.15, 0.2) is 0 Å². The van der Waals surface area contributed by atoms with Crippen LogP contribution < -0.4 is 0 Å². The van der Waals surface area contributed by atoms with Gasteiger partial charge in [-0.1, -0.05) is 72.1 Å². The van der Waals surface area contributed by atoms with Crippen molar-refractivity contribution in [2.45, 2.75) is 65.2 Å². The van der Waals surface area contributed by atoms with E-state index in [1.807, 2.05) is 0 Å². The van der Waals surface area contributed by atoms with Crippen molar-refractivity contribution in [3.63, 3.8) is 0 Å². The molecule has 0 bridgehead atoms. The molecule has 0 aliphatic rings. The van der Waals surface area contributed by atoms with E-state index in [-0.39, 0.29) is 29.6 Å². The zero-order valence-corrected chi connectivity index (χ0v) is 8.94. The molecular formula is C12H26Na. The molecule has 1 atom stereocenters. The molecule has 0 aromatic heterocycles. The number of rotatable bonds is 8. The summed E-state index contributed by atoms with van der Waals surface area (Å²) in [4.78, 5) is 0. The van der Waals surface area contributed by atoms with E-state index in [1.54, 1.807) is 0 Å². The molecule has 0 aliphatic carbocycles. The molecule has 1 radical (unpaired) electrons. The summed E-state index contributed by atoms with van der Waals surface area (Å²) in [6, 6.07) is 0. The standard InChI is InChI=1S/C12H25.Na.H/c1-4-6-8-9-11-12(3)10-7-5-2;;/h12H,3-11H2,1-2H3;;. The molecule has 0 aliphatic heterocycles. The molecule has 0 fully saturated rings. The van der Waals surface area contributed by atoms with Gasteiger partial charge >= 0.3 is 29.6 Å². The van der Waals surface area contributed by atoms with Crippen molar-refractivity contribution >= 4 is 29.6 Å². The molecule has 0 N–H and O–H groups in total. The Morgan fingerprint density at radius 1 is 0.846 bits per heavy atom. The summed E-state index contributed by atoms with van der Waals surface area (Å²) in [7, 11) is 0. The maximum absolute atomic E-state index is 4.17. The fourth-order valence-corrected chi connectivity index (χ4v) is 1.50. The van der Waals surface area contributed by atoms with Gasteiger partial charge in [0.05, 0.1) is 0 Å². The van der Waals surface area contributed by atoms with Crippen LogP contribution in [0.4, 0.5) is 0 Å². The molecule has 0 aromatic carbocycles. The molecule has 0 rings (SSSR count). The van der Waals surface area contributed by atoms with Crippen molar-refractivity contribution in [2.24, 2.45) is 5.92 Å². The quantitative estimate of drug-likeness (QED) is 0.404. The third-order valence-electron chi connectivity index (χ3n) is 2.43. The number of unbranched alkanes of at least 4 members (excludes halogenated alkanes) is 4.